The smallest absolute Gasteiger partial charge is 0.159 e. The van der Waals surface area contributed by atoms with Gasteiger partial charge in [-0.1, -0.05) is 35.0 Å². The van der Waals surface area contributed by atoms with Crippen LogP contribution in [0.2, 0.25) is 5.02 Å². The van der Waals surface area contributed by atoms with E-state index in [1.165, 1.54) is 0 Å². The molecule has 0 atom stereocenters. The van der Waals surface area contributed by atoms with Crippen molar-refractivity contribution >= 4 is 23.4 Å². The highest BCUT2D eigenvalue weighted by Gasteiger charge is 2.35. The van der Waals surface area contributed by atoms with E-state index in [4.69, 9.17) is 16.4 Å². The minimum absolute atomic E-state index is 0.467. The Morgan fingerprint density at radius 3 is 2.57 bits per heavy atom. The van der Waals surface area contributed by atoms with Crippen molar-refractivity contribution in [3.8, 4) is 0 Å². The zero-order chi connectivity index (χ0) is 14.9. The summed E-state index contributed by atoms with van der Waals surface area (Å²) in [6.45, 7) is 4.00. The van der Waals surface area contributed by atoms with Gasteiger partial charge in [0.05, 0.1) is 0 Å². The third-order valence-electron chi connectivity index (χ3n) is 3.38. The van der Waals surface area contributed by atoms with E-state index in [-0.39, 0.29) is 0 Å². The van der Waals surface area contributed by atoms with Gasteiger partial charge in [-0.3, -0.25) is 4.98 Å². The average molecular weight is 299 g/mol. The summed E-state index contributed by atoms with van der Waals surface area (Å²) in [7, 11) is 0. The van der Waals surface area contributed by atoms with Gasteiger partial charge in [0.1, 0.15) is 5.71 Å². The predicted octanol–water partition coefficient (Wildman–Crippen LogP) is 4.33. The Balaban J connectivity index is 2.04. The molecule has 1 aliphatic heterocycles. The Kier molecular flexibility index (Phi) is 3.52. The molecule has 3 nitrogen and oxygen atoms in total. The molecule has 0 saturated heterocycles. The van der Waals surface area contributed by atoms with Gasteiger partial charge < -0.3 is 4.84 Å². The van der Waals surface area contributed by atoms with E-state index < -0.39 is 5.60 Å². The molecule has 2 heterocycles. The molecule has 3 rings (SSSR count). The van der Waals surface area contributed by atoms with Crippen LogP contribution in [0.4, 0.5) is 0 Å². The molecule has 1 aromatic heterocycles. The molecular formula is C17H15ClN2O. The molecule has 0 bridgehead atoms. The second-order valence-corrected chi connectivity index (χ2v) is 5.83. The van der Waals surface area contributed by atoms with Crippen molar-refractivity contribution in [2.75, 3.05) is 0 Å². The lowest BCUT2D eigenvalue weighted by molar-refractivity contribution is 0.0355. The molecule has 2 aromatic rings. The van der Waals surface area contributed by atoms with E-state index in [0.717, 1.165) is 22.4 Å². The number of hydrogen-bond acceptors (Lipinski definition) is 3. The lowest BCUT2D eigenvalue weighted by atomic mass is 9.89. The summed E-state index contributed by atoms with van der Waals surface area (Å²) in [6.07, 6.45) is 5.64. The van der Waals surface area contributed by atoms with E-state index in [2.05, 4.69) is 16.2 Å². The summed E-state index contributed by atoms with van der Waals surface area (Å²) in [5, 5.41) is 4.95. The van der Waals surface area contributed by atoms with E-state index >= 15 is 0 Å². The van der Waals surface area contributed by atoms with Crippen molar-refractivity contribution in [1.29, 1.82) is 0 Å². The van der Waals surface area contributed by atoms with Gasteiger partial charge in [-0.25, -0.2) is 0 Å². The number of hydrogen-bond donors (Lipinski definition) is 0. The molecule has 1 aromatic carbocycles. The third kappa shape index (κ3) is 2.83. The minimum Gasteiger partial charge on any atom is -0.384 e. The average Bonchev–Trinajstić information content (AvgIpc) is 2.77. The highest BCUT2D eigenvalue weighted by molar-refractivity contribution is 6.30. The highest BCUT2D eigenvalue weighted by atomic mass is 35.5. The van der Waals surface area contributed by atoms with Crippen LogP contribution in [0.3, 0.4) is 0 Å². The van der Waals surface area contributed by atoms with Crippen molar-refractivity contribution in [1.82, 2.24) is 4.98 Å². The molecule has 0 radical (unpaired) electrons. The minimum atomic E-state index is -0.467. The van der Waals surface area contributed by atoms with Crippen molar-refractivity contribution in [3.05, 3.63) is 70.5 Å². The lowest BCUT2D eigenvalue weighted by Gasteiger charge is -2.18. The maximum Gasteiger partial charge on any atom is 0.159 e. The Hall–Kier alpha value is -2.13. The first-order chi connectivity index (χ1) is 10.1. The van der Waals surface area contributed by atoms with Crippen LogP contribution in [0.1, 0.15) is 25.0 Å². The van der Waals surface area contributed by atoms with Crippen LogP contribution in [-0.2, 0) is 4.84 Å². The molecule has 1 aliphatic rings. The third-order valence-corrected chi connectivity index (χ3v) is 3.63. The second-order valence-electron chi connectivity index (χ2n) is 5.39. The van der Waals surface area contributed by atoms with Crippen molar-refractivity contribution < 1.29 is 4.84 Å². The molecule has 0 fully saturated rings. The topological polar surface area (TPSA) is 34.5 Å². The van der Waals surface area contributed by atoms with Gasteiger partial charge in [-0.15, -0.1) is 0 Å². The van der Waals surface area contributed by atoms with Gasteiger partial charge in [-0.05, 0) is 43.7 Å². The Labute approximate surface area is 128 Å². The van der Waals surface area contributed by atoms with Crippen LogP contribution in [0.15, 0.2) is 59.5 Å². The number of benzene rings is 1. The van der Waals surface area contributed by atoms with Gasteiger partial charge in [0.2, 0.25) is 0 Å². The van der Waals surface area contributed by atoms with Gasteiger partial charge in [0.25, 0.3) is 0 Å². The van der Waals surface area contributed by atoms with Gasteiger partial charge in [0, 0.05) is 28.6 Å². The molecule has 21 heavy (non-hydrogen) atoms. The standard InChI is InChI=1S/C17H15ClN2O/c1-17(2)15(10-12-4-3-9-19-11-12)16(20-21-17)13-5-7-14(18)8-6-13/h3-11H,1-2H3. The number of halogens is 1. The fourth-order valence-electron chi connectivity index (χ4n) is 2.23. The quantitative estimate of drug-likeness (QED) is 0.827. The van der Waals surface area contributed by atoms with E-state index in [1.54, 1.807) is 6.20 Å². The first-order valence-electron chi connectivity index (χ1n) is 6.71. The summed E-state index contributed by atoms with van der Waals surface area (Å²) in [4.78, 5) is 9.73. The fraction of sp³-hybridized carbons (Fsp3) is 0.176. The van der Waals surface area contributed by atoms with Gasteiger partial charge >= 0.3 is 0 Å². The molecule has 4 heteroatoms. The summed E-state index contributed by atoms with van der Waals surface area (Å²) in [6, 6.07) is 11.5. The largest absolute Gasteiger partial charge is 0.384 e. The summed E-state index contributed by atoms with van der Waals surface area (Å²) < 4.78 is 0. The Morgan fingerprint density at radius 2 is 1.90 bits per heavy atom. The molecule has 0 amide bonds. The molecular weight excluding hydrogens is 284 g/mol. The van der Waals surface area contributed by atoms with Crippen LogP contribution >= 0.6 is 11.6 Å². The fourth-order valence-corrected chi connectivity index (χ4v) is 2.36. The first-order valence-corrected chi connectivity index (χ1v) is 7.09. The van der Waals surface area contributed by atoms with Crippen LogP contribution in [0.25, 0.3) is 6.08 Å². The van der Waals surface area contributed by atoms with Crippen molar-refractivity contribution in [2.45, 2.75) is 19.4 Å². The molecule has 0 aliphatic carbocycles. The number of aromatic nitrogens is 1. The molecule has 0 unspecified atom stereocenters. The lowest BCUT2D eigenvalue weighted by Crippen LogP contribution is -2.23. The predicted molar refractivity (Wildman–Crippen MR) is 85.4 cm³/mol. The summed E-state index contributed by atoms with van der Waals surface area (Å²) in [5.74, 6) is 0. The molecule has 0 N–H and O–H groups in total. The Morgan fingerprint density at radius 1 is 1.14 bits per heavy atom. The normalized spacial score (nSPS) is 18.4. The van der Waals surface area contributed by atoms with Crippen LogP contribution in [-0.4, -0.2) is 16.3 Å². The van der Waals surface area contributed by atoms with Crippen molar-refractivity contribution in [3.63, 3.8) is 0 Å². The number of oxime groups is 1. The summed E-state index contributed by atoms with van der Waals surface area (Å²) >= 11 is 5.95. The maximum absolute atomic E-state index is 5.95. The number of pyridine rings is 1. The van der Waals surface area contributed by atoms with Crippen LogP contribution in [0, 0.1) is 0 Å². The van der Waals surface area contributed by atoms with E-state index in [9.17, 15) is 0 Å². The van der Waals surface area contributed by atoms with Crippen LogP contribution in [0.5, 0.6) is 0 Å². The van der Waals surface area contributed by atoms with Crippen LogP contribution < -0.4 is 0 Å². The highest BCUT2D eigenvalue weighted by Crippen LogP contribution is 2.33. The molecule has 106 valence electrons. The zero-order valence-electron chi connectivity index (χ0n) is 11.9. The van der Waals surface area contributed by atoms with E-state index in [0.29, 0.717) is 5.02 Å². The maximum atomic E-state index is 5.95. The zero-order valence-corrected chi connectivity index (χ0v) is 12.6. The second kappa shape index (κ2) is 5.34. The monoisotopic (exact) mass is 298 g/mol. The molecule has 0 saturated carbocycles. The Bertz CT molecular complexity index is 703. The first kappa shape index (κ1) is 13.8. The summed E-state index contributed by atoms with van der Waals surface area (Å²) in [5.41, 5.74) is 3.40. The van der Waals surface area contributed by atoms with Gasteiger partial charge in [0.15, 0.2) is 5.60 Å². The van der Waals surface area contributed by atoms with Gasteiger partial charge in [-0.2, -0.15) is 0 Å². The number of rotatable bonds is 2. The van der Waals surface area contributed by atoms with E-state index in [1.807, 2.05) is 56.4 Å². The SMILES string of the molecule is CC1(C)ON=C(c2ccc(Cl)cc2)C1=Cc1cccnc1. The number of nitrogens with zero attached hydrogens (tertiary/aromatic N) is 2. The van der Waals surface area contributed by atoms with Crippen molar-refractivity contribution in [2.24, 2.45) is 5.16 Å². The molecule has 0 spiro atoms.